The van der Waals surface area contributed by atoms with Crippen molar-refractivity contribution in [1.82, 2.24) is 0 Å². The van der Waals surface area contributed by atoms with Crippen molar-refractivity contribution in [3.8, 4) is 17.2 Å². The molecule has 1 atom stereocenters. The van der Waals surface area contributed by atoms with Crippen LogP contribution in [-0.4, -0.2) is 24.2 Å². The highest BCUT2D eigenvalue weighted by molar-refractivity contribution is 5.98. The fourth-order valence-corrected chi connectivity index (χ4v) is 2.29. The molecule has 5 heteroatoms. The van der Waals surface area contributed by atoms with Crippen molar-refractivity contribution in [3.63, 3.8) is 0 Å². The maximum atomic E-state index is 12.1. The number of carbonyl (C=O) groups excluding carboxylic acids is 1. The molecule has 1 amide bonds. The predicted octanol–water partition coefficient (Wildman–Crippen LogP) is 2.34. The summed E-state index contributed by atoms with van der Waals surface area (Å²) < 4.78 is 10.9. The molecule has 0 bridgehead atoms. The van der Waals surface area contributed by atoms with Crippen molar-refractivity contribution >= 4 is 11.6 Å². The molecule has 2 aromatic carbocycles. The van der Waals surface area contributed by atoms with Gasteiger partial charge in [0.2, 0.25) is 0 Å². The number of nitrogens with one attached hydrogen (secondary N) is 1. The second kappa shape index (κ2) is 5.36. The highest BCUT2D eigenvalue weighted by atomic mass is 16.5. The Morgan fingerprint density at radius 1 is 1.29 bits per heavy atom. The molecule has 108 valence electrons. The van der Waals surface area contributed by atoms with Gasteiger partial charge in [-0.1, -0.05) is 12.1 Å². The van der Waals surface area contributed by atoms with E-state index in [1.165, 1.54) is 12.1 Å². The summed E-state index contributed by atoms with van der Waals surface area (Å²) in [5.74, 6) is 1.16. The Hall–Kier alpha value is -2.69. The summed E-state index contributed by atoms with van der Waals surface area (Å²) in [5, 5.41) is 12.2. The third-order valence-electron chi connectivity index (χ3n) is 3.34. The van der Waals surface area contributed by atoms with E-state index in [1.54, 1.807) is 13.2 Å². The molecule has 1 aliphatic rings. The van der Waals surface area contributed by atoms with Crippen LogP contribution in [0.2, 0.25) is 0 Å². The van der Waals surface area contributed by atoms with Gasteiger partial charge in [0.1, 0.15) is 17.2 Å². The highest BCUT2D eigenvalue weighted by Gasteiger charge is 2.28. The summed E-state index contributed by atoms with van der Waals surface area (Å²) in [6.07, 6.45) is -0.155. The molecule has 2 aromatic rings. The van der Waals surface area contributed by atoms with Gasteiger partial charge in [0.25, 0.3) is 5.91 Å². The number of phenolic OH excluding ortho intramolecular Hbond substituents is 1. The van der Waals surface area contributed by atoms with Gasteiger partial charge in [0.05, 0.1) is 12.8 Å². The summed E-state index contributed by atoms with van der Waals surface area (Å²) in [4.78, 5) is 12.1. The first-order valence-corrected chi connectivity index (χ1v) is 6.59. The summed E-state index contributed by atoms with van der Waals surface area (Å²) >= 11 is 0. The lowest BCUT2D eigenvalue weighted by molar-refractivity contribution is -0.123. The Morgan fingerprint density at radius 3 is 2.95 bits per heavy atom. The lowest BCUT2D eigenvalue weighted by Gasteiger charge is -2.26. The molecule has 0 radical (unpaired) electrons. The molecule has 0 aliphatic carbocycles. The average molecular weight is 285 g/mol. The Kier molecular flexibility index (Phi) is 3.39. The topological polar surface area (TPSA) is 67.8 Å². The number of anilines is 1. The predicted molar refractivity (Wildman–Crippen MR) is 77.9 cm³/mol. The van der Waals surface area contributed by atoms with Crippen molar-refractivity contribution < 1.29 is 19.4 Å². The van der Waals surface area contributed by atoms with Crippen LogP contribution in [0, 0.1) is 0 Å². The van der Waals surface area contributed by atoms with Gasteiger partial charge in [-0.3, -0.25) is 4.79 Å². The van der Waals surface area contributed by atoms with E-state index in [1.807, 2.05) is 24.3 Å². The smallest absolute Gasteiger partial charge is 0.265 e. The van der Waals surface area contributed by atoms with E-state index in [0.717, 1.165) is 11.3 Å². The average Bonchev–Trinajstić information content (AvgIpc) is 2.48. The molecule has 21 heavy (non-hydrogen) atoms. The quantitative estimate of drug-likeness (QED) is 0.908. The number of amides is 1. The molecule has 0 fully saturated rings. The van der Waals surface area contributed by atoms with E-state index in [2.05, 4.69) is 5.32 Å². The maximum absolute atomic E-state index is 12.1. The van der Waals surface area contributed by atoms with Gasteiger partial charge in [0.15, 0.2) is 6.10 Å². The van der Waals surface area contributed by atoms with Gasteiger partial charge in [-0.2, -0.15) is 0 Å². The Labute approximate surface area is 122 Å². The van der Waals surface area contributed by atoms with Crippen LogP contribution in [0.5, 0.6) is 17.2 Å². The Morgan fingerprint density at radius 2 is 2.14 bits per heavy atom. The molecule has 0 saturated heterocycles. The third-order valence-corrected chi connectivity index (χ3v) is 3.34. The van der Waals surface area contributed by atoms with Gasteiger partial charge in [-0.15, -0.1) is 0 Å². The minimum Gasteiger partial charge on any atom is -0.508 e. The Bertz CT molecular complexity index is 684. The standard InChI is InChI=1S/C16H15NO4/c1-20-12-4-2-3-10(7-12)8-15-16(19)17-13-9-11(18)5-6-14(13)21-15/h2-7,9,15,18H,8H2,1H3,(H,17,19). The SMILES string of the molecule is COc1cccc(CC2Oc3ccc(O)cc3NC2=O)c1. The molecule has 1 aliphatic heterocycles. The van der Waals surface area contributed by atoms with Gasteiger partial charge in [-0.05, 0) is 29.8 Å². The summed E-state index contributed by atoms with van der Waals surface area (Å²) in [6, 6.07) is 12.2. The minimum absolute atomic E-state index is 0.0869. The molecule has 3 rings (SSSR count). The van der Waals surface area contributed by atoms with Crippen LogP contribution >= 0.6 is 0 Å². The van der Waals surface area contributed by atoms with E-state index in [-0.39, 0.29) is 11.7 Å². The molecule has 2 N–H and O–H groups in total. The van der Waals surface area contributed by atoms with Crippen LogP contribution in [0.15, 0.2) is 42.5 Å². The normalized spacial score (nSPS) is 16.6. The van der Waals surface area contributed by atoms with E-state index >= 15 is 0 Å². The number of phenols is 1. The molecule has 0 aromatic heterocycles. The second-order valence-corrected chi connectivity index (χ2v) is 4.83. The second-order valence-electron chi connectivity index (χ2n) is 4.83. The van der Waals surface area contributed by atoms with Crippen molar-refractivity contribution in [2.75, 3.05) is 12.4 Å². The summed E-state index contributed by atoms with van der Waals surface area (Å²) in [6.45, 7) is 0. The molecule has 0 spiro atoms. The molecular weight excluding hydrogens is 270 g/mol. The number of ether oxygens (including phenoxy) is 2. The van der Waals surface area contributed by atoms with Gasteiger partial charge in [0, 0.05) is 12.5 Å². The van der Waals surface area contributed by atoms with E-state index in [4.69, 9.17) is 9.47 Å². The first kappa shape index (κ1) is 13.3. The first-order chi connectivity index (χ1) is 10.2. The van der Waals surface area contributed by atoms with Gasteiger partial charge in [-0.25, -0.2) is 0 Å². The molecular formula is C16H15NO4. The maximum Gasteiger partial charge on any atom is 0.265 e. The Balaban J connectivity index is 1.80. The lowest BCUT2D eigenvalue weighted by atomic mass is 10.1. The van der Waals surface area contributed by atoms with E-state index < -0.39 is 6.10 Å². The lowest BCUT2D eigenvalue weighted by Crippen LogP contribution is -2.38. The molecule has 0 saturated carbocycles. The minimum atomic E-state index is -0.603. The summed E-state index contributed by atoms with van der Waals surface area (Å²) in [7, 11) is 1.60. The number of hydrogen-bond acceptors (Lipinski definition) is 4. The van der Waals surface area contributed by atoms with Crippen LogP contribution in [0.4, 0.5) is 5.69 Å². The monoisotopic (exact) mass is 285 g/mol. The number of fused-ring (bicyclic) bond motifs is 1. The fourth-order valence-electron chi connectivity index (χ4n) is 2.29. The molecule has 1 heterocycles. The van der Waals surface area contributed by atoms with Crippen LogP contribution in [-0.2, 0) is 11.2 Å². The van der Waals surface area contributed by atoms with Crippen molar-refractivity contribution in [1.29, 1.82) is 0 Å². The van der Waals surface area contributed by atoms with Gasteiger partial charge >= 0.3 is 0 Å². The zero-order valence-electron chi connectivity index (χ0n) is 11.5. The van der Waals surface area contributed by atoms with E-state index in [0.29, 0.717) is 17.9 Å². The number of aromatic hydroxyl groups is 1. The zero-order chi connectivity index (χ0) is 14.8. The van der Waals surface area contributed by atoms with Crippen molar-refractivity contribution in [2.24, 2.45) is 0 Å². The van der Waals surface area contributed by atoms with Crippen LogP contribution in [0.1, 0.15) is 5.56 Å². The number of carbonyl (C=O) groups is 1. The number of hydrogen-bond donors (Lipinski definition) is 2. The van der Waals surface area contributed by atoms with Crippen LogP contribution < -0.4 is 14.8 Å². The number of rotatable bonds is 3. The molecule has 1 unspecified atom stereocenters. The van der Waals surface area contributed by atoms with Crippen LogP contribution in [0.3, 0.4) is 0 Å². The zero-order valence-corrected chi connectivity index (χ0v) is 11.5. The summed E-state index contributed by atoms with van der Waals surface area (Å²) in [5.41, 5.74) is 1.44. The van der Waals surface area contributed by atoms with Crippen molar-refractivity contribution in [3.05, 3.63) is 48.0 Å². The van der Waals surface area contributed by atoms with Crippen LogP contribution in [0.25, 0.3) is 0 Å². The van der Waals surface area contributed by atoms with Crippen molar-refractivity contribution in [2.45, 2.75) is 12.5 Å². The largest absolute Gasteiger partial charge is 0.508 e. The first-order valence-electron chi connectivity index (χ1n) is 6.59. The highest BCUT2D eigenvalue weighted by Crippen LogP contribution is 2.33. The van der Waals surface area contributed by atoms with Gasteiger partial charge < -0.3 is 19.9 Å². The van der Waals surface area contributed by atoms with E-state index in [9.17, 15) is 9.90 Å². The molecule has 5 nitrogen and oxygen atoms in total. The number of methoxy groups -OCH3 is 1. The fraction of sp³-hybridized carbons (Fsp3) is 0.188. The number of benzene rings is 2. The third kappa shape index (κ3) is 2.76.